The zero-order chi connectivity index (χ0) is 14.2. The van der Waals surface area contributed by atoms with Gasteiger partial charge in [0.05, 0.1) is 0 Å². The Balaban J connectivity index is 2.45. The van der Waals surface area contributed by atoms with Crippen molar-refractivity contribution in [2.75, 3.05) is 11.4 Å². The van der Waals surface area contributed by atoms with Gasteiger partial charge in [-0.2, -0.15) is 0 Å². The van der Waals surface area contributed by atoms with Gasteiger partial charge in [-0.1, -0.05) is 15.9 Å². The van der Waals surface area contributed by atoms with E-state index >= 15 is 0 Å². The molecule has 1 aromatic rings. The first-order chi connectivity index (χ1) is 8.90. The van der Waals surface area contributed by atoms with Crippen LogP contribution in [0, 0.1) is 13.8 Å². The molecule has 1 atom stereocenters. The molecule has 0 aliphatic carbocycles. The maximum absolute atomic E-state index is 12.4. The zero-order valence-electron chi connectivity index (χ0n) is 11.3. The number of rotatable bonds is 1. The molecule has 1 heterocycles. The van der Waals surface area contributed by atoms with Crippen LogP contribution in [0.3, 0.4) is 0 Å². The lowest BCUT2D eigenvalue weighted by molar-refractivity contribution is -0.125. The van der Waals surface area contributed by atoms with Gasteiger partial charge in [0.25, 0.3) is 0 Å². The third-order valence-electron chi connectivity index (χ3n) is 3.30. The largest absolute Gasteiger partial charge is 0.345 e. The summed E-state index contributed by atoms with van der Waals surface area (Å²) in [6.07, 6.45) is 0.338. The van der Waals surface area contributed by atoms with Gasteiger partial charge < -0.3 is 10.2 Å². The lowest BCUT2D eigenvalue weighted by Gasteiger charge is -2.26. The summed E-state index contributed by atoms with van der Waals surface area (Å²) in [6.45, 7) is 6.11. The predicted molar refractivity (Wildman–Crippen MR) is 78.2 cm³/mol. The van der Waals surface area contributed by atoms with E-state index in [2.05, 4.69) is 21.2 Å². The number of carbonyl (C=O) groups is 2. The van der Waals surface area contributed by atoms with Gasteiger partial charge in [-0.05, 0) is 44.0 Å². The average Bonchev–Trinajstić information content (AvgIpc) is 2.41. The minimum atomic E-state index is -0.475. The van der Waals surface area contributed by atoms with E-state index in [0.717, 1.165) is 21.3 Å². The molecule has 1 aliphatic heterocycles. The van der Waals surface area contributed by atoms with E-state index in [0.29, 0.717) is 13.0 Å². The smallest absolute Gasteiger partial charge is 0.249 e. The van der Waals surface area contributed by atoms with E-state index in [4.69, 9.17) is 0 Å². The number of nitrogens with one attached hydrogen (secondary N) is 1. The van der Waals surface area contributed by atoms with Crippen LogP contribution in [0.2, 0.25) is 0 Å². The van der Waals surface area contributed by atoms with Crippen molar-refractivity contribution in [2.45, 2.75) is 33.2 Å². The fourth-order valence-electron chi connectivity index (χ4n) is 2.48. The molecule has 5 heteroatoms. The van der Waals surface area contributed by atoms with Crippen molar-refractivity contribution < 1.29 is 9.59 Å². The molecular weight excluding hydrogens is 308 g/mol. The van der Waals surface area contributed by atoms with Gasteiger partial charge in [0.1, 0.15) is 6.04 Å². The molecular formula is C14H17BrN2O2. The molecule has 0 aromatic heterocycles. The highest BCUT2D eigenvalue weighted by molar-refractivity contribution is 9.10. The van der Waals surface area contributed by atoms with Crippen LogP contribution in [0.4, 0.5) is 5.69 Å². The molecule has 1 N–H and O–H groups in total. The van der Waals surface area contributed by atoms with Crippen molar-refractivity contribution in [1.82, 2.24) is 5.32 Å². The van der Waals surface area contributed by atoms with Crippen LogP contribution in [0.5, 0.6) is 0 Å². The second-order valence-corrected chi connectivity index (χ2v) is 5.83. The van der Waals surface area contributed by atoms with E-state index < -0.39 is 6.04 Å². The summed E-state index contributed by atoms with van der Waals surface area (Å²) in [4.78, 5) is 25.6. The Hall–Kier alpha value is -1.36. The Morgan fingerprint density at radius 2 is 1.84 bits per heavy atom. The van der Waals surface area contributed by atoms with Crippen LogP contribution in [-0.2, 0) is 9.59 Å². The number of amides is 2. The number of aryl methyl sites for hydroxylation is 2. The van der Waals surface area contributed by atoms with E-state index in [1.165, 1.54) is 0 Å². The van der Waals surface area contributed by atoms with Gasteiger partial charge >= 0.3 is 0 Å². The third-order valence-corrected chi connectivity index (χ3v) is 3.76. The van der Waals surface area contributed by atoms with Crippen molar-refractivity contribution in [3.63, 3.8) is 0 Å². The molecule has 0 radical (unpaired) electrons. The number of carbonyl (C=O) groups excluding carboxylic acids is 2. The summed E-state index contributed by atoms with van der Waals surface area (Å²) in [5, 5.41) is 2.70. The van der Waals surface area contributed by atoms with Crippen LogP contribution in [0.15, 0.2) is 16.6 Å². The molecule has 0 bridgehead atoms. The third kappa shape index (κ3) is 2.81. The molecule has 1 saturated heterocycles. The first-order valence-electron chi connectivity index (χ1n) is 6.27. The number of nitrogens with zero attached hydrogens (tertiary/aromatic N) is 1. The average molecular weight is 325 g/mol. The Bertz CT molecular complexity index is 519. The fourth-order valence-corrected chi connectivity index (χ4v) is 3.17. The van der Waals surface area contributed by atoms with Crippen molar-refractivity contribution >= 4 is 33.4 Å². The topological polar surface area (TPSA) is 49.4 Å². The Morgan fingerprint density at radius 1 is 1.26 bits per heavy atom. The predicted octanol–water partition coefficient (Wildman–Crippen LogP) is 2.31. The van der Waals surface area contributed by atoms with Gasteiger partial charge in [-0.25, -0.2) is 0 Å². The second kappa shape index (κ2) is 5.33. The number of hydrogen-bond donors (Lipinski definition) is 1. The van der Waals surface area contributed by atoms with Gasteiger partial charge in [-0.3, -0.25) is 9.59 Å². The highest BCUT2D eigenvalue weighted by Crippen LogP contribution is 2.29. The van der Waals surface area contributed by atoms with Crippen LogP contribution in [0.1, 0.15) is 24.5 Å². The lowest BCUT2D eigenvalue weighted by Crippen LogP contribution is -2.43. The van der Waals surface area contributed by atoms with E-state index in [-0.39, 0.29) is 11.8 Å². The van der Waals surface area contributed by atoms with Crippen molar-refractivity contribution in [2.24, 2.45) is 0 Å². The van der Waals surface area contributed by atoms with E-state index in [9.17, 15) is 9.59 Å². The SMILES string of the molecule is Cc1cc(Br)cc(C)c1N1CCC(=O)NC(C)C1=O. The summed E-state index contributed by atoms with van der Waals surface area (Å²) >= 11 is 3.45. The first-order valence-corrected chi connectivity index (χ1v) is 7.07. The summed E-state index contributed by atoms with van der Waals surface area (Å²) in [5.41, 5.74) is 2.97. The van der Waals surface area contributed by atoms with Crippen molar-refractivity contribution in [1.29, 1.82) is 0 Å². The molecule has 1 aromatic carbocycles. The molecule has 2 rings (SSSR count). The normalized spacial score (nSPS) is 20.2. The highest BCUT2D eigenvalue weighted by atomic mass is 79.9. The summed E-state index contributed by atoms with van der Waals surface area (Å²) in [5.74, 6) is -0.129. The van der Waals surface area contributed by atoms with E-state index in [1.54, 1.807) is 11.8 Å². The number of anilines is 1. The van der Waals surface area contributed by atoms with Crippen LogP contribution < -0.4 is 10.2 Å². The number of halogens is 1. The highest BCUT2D eigenvalue weighted by Gasteiger charge is 2.29. The molecule has 0 saturated carbocycles. The fraction of sp³-hybridized carbons (Fsp3) is 0.429. The molecule has 0 spiro atoms. The van der Waals surface area contributed by atoms with Crippen molar-refractivity contribution in [3.05, 3.63) is 27.7 Å². The summed E-state index contributed by atoms with van der Waals surface area (Å²) in [6, 6.07) is 3.50. The standard InChI is InChI=1S/C14H17BrN2O2/c1-8-6-11(15)7-9(2)13(8)17-5-4-12(18)16-10(3)14(17)19/h6-7,10H,4-5H2,1-3H3,(H,16,18). The van der Waals surface area contributed by atoms with Gasteiger partial charge in [0.15, 0.2) is 0 Å². The first kappa shape index (κ1) is 14.1. The second-order valence-electron chi connectivity index (χ2n) is 4.92. The monoisotopic (exact) mass is 324 g/mol. The molecule has 19 heavy (non-hydrogen) atoms. The van der Waals surface area contributed by atoms with Crippen molar-refractivity contribution in [3.8, 4) is 0 Å². The Kier molecular flexibility index (Phi) is 3.94. The van der Waals surface area contributed by atoms with Crippen LogP contribution in [-0.4, -0.2) is 24.4 Å². The van der Waals surface area contributed by atoms with Gasteiger partial charge in [0, 0.05) is 23.1 Å². The number of hydrogen-bond acceptors (Lipinski definition) is 2. The molecule has 102 valence electrons. The van der Waals surface area contributed by atoms with Gasteiger partial charge in [0.2, 0.25) is 11.8 Å². The zero-order valence-corrected chi connectivity index (χ0v) is 12.9. The summed E-state index contributed by atoms with van der Waals surface area (Å²) < 4.78 is 0.996. The quantitative estimate of drug-likeness (QED) is 0.861. The molecule has 4 nitrogen and oxygen atoms in total. The molecule has 1 unspecified atom stereocenters. The summed E-state index contributed by atoms with van der Waals surface area (Å²) in [7, 11) is 0. The van der Waals surface area contributed by atoms with E-state index in [1.807, 2.05) is 26.0 Å². The molecule has 1 fully saturated rings. The molecule has 2 amide bonds. The minimum absolute atomic E-state index is 0.0561. The lowest BCUT2D eigenvalue weighted by atomic mass is 10.1. The van der Waals surface area contributed by atoms with Crippen LogP contribution in [0.25, 0.3) is 0 Å². The Labute approximate surface area is 121 Å². The van der Waals surface area contributed by atoms with Crippen LogP contribution >= 0.6 is 15.9 Å². The maximum Gasteiger partial charge on any atom is 0.249 e. The molecule has 1 aliphatic rings. The number of benzene rings is 1. The Morgan fingerprint density at radius 3 is 2.42 bits per heavy atom. The maximum atomic E-state index is 12.4. The van der Waals surface area contributed by atoms with Gasteiger partial charge in [-0.15, -0.1) is 0 Å². The minimum Gasteiger partial charge on any atom is -0.345 e.